The lowest BCUT2D eigenvalue weighted by Crippen LogP contribution is -2.42. The number of likely N-dealkylation sites (N-methyl/N-ethyl adjacent to an activating group) is 1. The van der Waals surface area contributed by atoms with Crippen LogP contribution in [0.15, 0.2) is 36.5 Å². The Morgan fingerprint density at radius 1 is 1.31 bits per heavy atom. The zero-order valence-electron chi connectivity index (χ0n) is 16.9. The fraction of sp³-hybridized carbons (Fsp3) is 0.381. The van der Waals surface area contributed by atoms with Crippen LogP contribution in [0.5, 0.6) is 5.75 Å². The number of aromatic nitrogens is 1. The molecule has 0 unspecified atom stereocenters. The van der Waals surface area contributed by atoms with Crippen LogP contribution < -0.4 is 20.3 Å². The van der Waals surface area contributed by atoms with Crippen LogP contribution in [0.2, 0.25) is 0 Å². The molecule has 1 aromatic carbocycles. The Balaban J connectivity index is 1.64. The summed E-state index contributed by atoms with van der Waals surface area (Å²) < 4.78 is 10.8. The van der Waals surface area contributed by atoms with Gasteiger partial charge in [0, 0.05) is 32.0 Å². The molecule has 29 heavy (non-hydrogen) atoms. The van der Waals surface area contributed by atoms with Crippen molar-refractivity contribution in [3.05, 3.63) is 47.8 Å². The summed E-state index contributed by atoms with van der Waals surface area (Å²) >= 11 is 0. The minimum Gasteiger partial charge on any atom is -0.489 e. The van der Waals surface area contributed by atoms with E-state index in [0.717, 1.165) is 11.4 Å². The van der Waals surface area contributed by atoms with Crippen molar-refractivity contribution in [3.63, 3.8) is 0 Å². The fourth-order valence-corrected chi connectivity index (χ4v) is 3.08. The number of hydrogen-bond donors (Lipinski definition) is 2. The number of fused-ring (bicyclic) bond motifs is 1. The molecule has 154 valence electrons. The number of nitrogens with zero attached hydrogens (tertiary/aromatic N) is 2. The summed E-state index contributed by atoms with van der Waals surface area (Å²) in [6, 6.07) is 8.82. The minimum absolute atomic E-state index is 0.118. The predicted octanol–water partition coefficient (Wildman–Crippen LogP) is 1.99. The molecule has 0 spiro atoms. The molecule has 0 bridgehead atoms. The SMILES string of the molecule is COCCNC(=O)c1ccc2c(c1)N(C)[C@H](CC(=O)Nc1ccc(C)nc1)CO2. The molecule has 8 heteroatoms. The normalized spacial score (nSPS) is 15.3. The van der Waals surface area contributed by atoms with Crippen molar-refractivity contribution in [2.24, 2.45) is 0 Å². The number of methoxy groups -OCH3 is 1. The third-order valence-corrected chi connectivity index (χ3v) is 4.79. The van der Waals surface area contributed by atoms with Gasteiger partial charge >= 0.3 is 0 Å². The molecule has 1 atom stereocenters. The van der Waals surface area contributed by atoms with E-state index in [1.807, 2.05) is 31.0 Å². The van der Waals surface area contributed by atoms with Crippen LogP contribution in [0.1, 0.15) is 22.5 Å². The lowest BCUT2D eigenvalue weighted by molar-refractivity contribution is -0.116. The number of carbonyl (C=O) groups is 2. The molecule has 0 saturated carbocycles. The summed E-state index contributed by atoms with van der Waals surface area (Å²) in [6.45, 7) is 3.18. The molecule has 0 fully saturated rings. The Morgan fingerprint density at radius 2 is 2.14 bits per heavy atom. The molecule has 8 nitrogen and oxygen atoms in total. The van der Waals surface area contributed by atoms with E-state index in [1.165, 1.54) is 0 Å². The van der Waals surface area contributed by atoms with Gasteiger partial charge in [-0.1, -0.05) is 0 Å². The molecule has 3 rings (SSSR count). The molecule has 2 amide bonds. The average Bonchev–Trinajstić information content (AvgIpc) is 2.72. The standard InChI is InChI=1S/C21H26N4O4/c1-14-4-6-16(12-23-14)24-20(26)11-17-13-29-19-7-5-15(10-18(19)25(17)2)21(27)22-8-9-28-3/h4-7,10,12,17H,8-9,11,13H2,1-3H3,(H,22,27)(H,24,26)/t17-/m1/s1. The number of carbonyl (C=O) groups excluding carboxylic acids is 2. The molecule has 2 heterocycles. The Hall–Kier alpha value is -3.13. The lowest BCUT2D eigenvalue weighted by atomic mass is 10.1. The maximum absolute atomic E-state index is 12.4. The predicted molar refractivity (Wildman–Crippen MR) is 111 cm³/mol. The van der Waals surface area contributed by atoms with E-state index in [4.69, 9.17) is 9.47 Å². The highest BCUT2D eigenvalue weighted by Gasteiger charge is 2.27. The highest BCUT2D eigenvalue weighted by Crippen LogP contribution is 2.34. The number of pyridine rings is 1. The van der Waals surface area contributed by atoms with Gasteiger partial charge in [-0.2, -0.15) is 0 Å². The van der Waals surface area contributed by atoms with E-state index < -0.39 is 0 Å². The minimum atomic E-state index is -0.176. The van der Waals surface area contributed by atoms with Crippen molar-refractivity contribution in [2.45, 2.75) is 19.4 Å². The fourth-order valence-electron chi connectivity index (χ4n) is 3.08. The van der Waals surface area contributed by atoms with E-state index in [2.05, 4.69) is 15.6 Å². The maximum Gasteiger partial charge on any atom is 0.251 e. The van der Waals surface area contributed by atoms with Crippen molar-refractivity contribution in [2.75, 3.05) is 44.1 Å². The molecule has 1 aromatic heterocycles. The summed E-state index contributed by atoms with van der Waals surface area (Å²) in [5, 5.41) is 5.66. The topological polar surface area (TPSA) is 92.8 Å². The maximum atomic E-state index is 12.4. The number of benzene rings is 1. The van der Waals surface area contributed by atoms with E-state index in [9.17, 15) is 9.59 Å². The largest absolute Gasteiger partial charge is 0.489 e. The number of amides is 2. The van der Waals surface area contributed by atoms with Crippen molar-refractivity contribution in [1.29, 1.82) is 0 Å². The number of aryl methyl sites for hydroxylation is 1. The second kappa shape index (κ2) is 9.38. The highest BCUT2D eigenvalue weighted by molar-refractivity contribution is 5.96. The first-order chi connectivity index (χ1) is 14.0. The Morgan fingerprint density at radius 3 is 2.86 bits per heavy atom. The van der Waals surface area contributed by atoms with Gasteiger partial charge in [0.1, 0.15) is 12.4 Å². The van der Waals surface area contributed by atoms with Crippen molar-refractivity contribution < 1.29 is 19.1 Å². The summed E-state index contributed by atoms with van der Waals surface area (Å²) in [4.78, 5) is 30.9. The lowest BCUT2D eigenvalue weighted by Gasteiger charge is -2.35. The molecule has 2 aromatic rings. The molecule has 0 saturated heterocycles. The van der Waals surface area contributed by atoms with Crippen molar-refractivity contribution in [1.82, 2.24) is 10.3 Å². The van der Waals surface area contributed by atoms with Gasteiger partial charge in [0.25, 0.3) is 5.91 Å². The quantitative estimate of drug-likeness (QED) is 0.693. The van der Waals surface area contributed by atoms with Crippen LogP contribution in [0.25, 0.3) is 0 Å². The zero-order valence-corrected chi connectivity index (χ0v) is 16.9. The van der Waals surface area contributed by atoms with Crippen LogP contribution in [-0.4, -0.2) is 56.8 Å². The van der Waals surface area contributed by atoms with Crippen LogP contribution in [0.3, 0.4) is 0 Å². The van der Waals surface area contributed by atoms with E-state index in [0.29, 0.717) is 36.8 Å². The molecule has 2 N–H and O–H groups in total. The molecule has 0 aliphatic carbocycles. The van der Waals surface area contributed by atoms with E-state index in [1.54, 1.807) is 31.5 Å². The van der Waals surface area contributed by atoms with Crippen molar-refractivity contribution >= 4 is 23.2 Å². The zero-order chi connectivity index (χ0) is 20.8. The van der Waals surface area contributed by atoms with Crippen LogP contribution in [0, 0.1) is 6.92 Å². The summed E-state index contributed by atoms with van der Waals surface area (Å²) in [6.07, 6.45) is 1.90. The van der Waals surface area contributed by atoms with Gasteiger partial charge in [-0.05, 0) is 37.3 Å². The van der Waals surface area contributed by atoms with Gasteiger partial charge in [-0.25, -0.2) is 0 Å². The number of rotatable bonds is 7. The average molecular weight is 398 g/mol. The molecule has 1 aliphatic heterocycles. The van der Waals surface area contributed by atoms with Gasteiger partial charge < -0.3 is 25.0 Å². The molecule has 0 radical (unpaired) electrons. The summed E-state index contributed by atoms with van der Waals surface area (Å²) in [5.41, 5.74) is 2.87. The second-order valence-corrected chi connectivity index (χ2v) is 6.95. The Bertz CT molecular complexity index is 869. The number of anilines is 2. The Kier molecular flexibility index (Phi) is 6.66. The first kappa shape index (κ1) is 20.6. The highest BCUT2D eigenvalue weighted by atomic mass is 16.5. The molecular formula is C21H26N4O4. The van der Waals surface area contributed by atoms with E-state index in [-0.39, 0.29) is 24.3 Å². The second-order valence-electron chi connectivity index (χ2n) is 6.95. The van der Waals surface area contributed by atoms with Gasteiger partial charge in [0.15, 0.2) is 0 Å². The summed E-state index contributed by atoms with van der Waals surface area (Å²) in [7, 11) is 3.49. The summed E-state index contributed by atoms with van der Waals surface area (Å²) in [5.74, 6) is 0.401. The van der Waals surface area contributed by atoms with Gasteiger partial charge in [-0.3, -0.25) is 14.6 Å². The van der Waals surface area contributed by atoms with Crippen LogP contribution in [-0.2, 0) is 9.53 Å². The first-order valence-electron chi connectivity index (χ1n) is 9.47. The third kappa shape index (κ3) is 5.23. The first-order valence-corrected chi connectivity index (χ1v) is 9.47. The number of hydrogen-bond acceptors (Lipinski definition) is 6. The van der Waals surface area contributed by atoms with Crippen LogP contribution in [0.4, 0.5) is 11.4 Å². The Labute approximate surface area is 170 Å². The monoisotopic (exact) mass is 398 g/mol. The molecular weight excluding hydrogens is 372 g/mol. The van der Waals surface area contributed by atoms with Crippen LogP contribution >= 0.6 is 0 Å². The third-order valence-electron chi connectivity index (χ3n) is 4.79. The van der Waals surface area contributed by atoms with Crippen molar-refractivity contribution in [3.8, 4) is 5.75 Å². The molecule has 1 aliphatic rings. The number of nitrogens with one attached hydrogen (secondary N) is 2. The number of ether oxygens (including phenoxy) is 2. The van der Waals surface area contributed by atoms with E-state index >= 15 is 0 Å². The van der Waals surface area contributed by atoms with Gasteiger partial charge in [0.2, 0.25) is 5.91 Å². The smallest absolute Gasteiger partial charge is 0.251 e. The van der Waals surface area contributed by atoms with Gasteiger partial charge in [-0.15, -0.1) is 0 Å². The van der Waals surface area contributed by atoms with Gasteiger partial charge in [0.05, 0.1) is 36.6 Å².